The molecule has 1 atom stereocenters. The van der Waals surface area contributed by atoms with Crippen molar-refractivity contribution in [2.45, 2.75) is 19.4 Å². The molecule has 0 radical (unpaired) electrons. The van der Waals surface area contributed by atoms with Crippen molar-refractivity contribution < 1.29 is 4.79 Å². The number of nitrogens with one attached hydrogen (secondary N) is 3. The van der Waals surface area contributed by atoms with Gasteiger partial charge in [-0.05, 0) is 37.1 Å². The number of hydrogen-bond acceptors (Lipinski definition) is 7. The van der Waals surface area contributed by atoms with Crippen molar-refractivity contribution in [2.75, 3.05) is 18.4 Å². The number of aliphatic imine (C=N–C) groups is 1. The van der Waals surface area contributed by atoms with E-state index < -0.39 is 0 Å². The molecule has 0 saturated carbocycles. The molecule has 3 heterocycles. The van der Waals surface area contributed by atoms with E-state index in [0.717, 1.165) is 24.9 Å². The summed E-state index contributed by atoms with van der Waals surface area (Å²) in [4.78, 5) is 24.9. The second-order valence-corrected chi connectivity index (χ2v) is 7.59. The number of amides is 1. The Hall–Kier alpha value is -3.23. The minimum absolute atomic E-state index is 0.0652. The SMILES string of the molecule is C=C(/C=N\C=C(/N)c1cc(NC(=O)[C@@H]2CCCNC2)ncc1Cl)NCc1cccnc1. The highest BCUT2D eigenvalue weighted by atomic mass is 35.5. The molecule has 2 aromatic heterocycles. The number of halogens is 1. The van der Waals surface area contributed by atoms with Crippen LogP contribution in [0.4, 0.5) is 5.82 Å². The number of allylic oxidation sites excluding steroid dienone is 1. The number of nitrogens with two attached hydrogens (primary N) is 1. The standard InChI is InChI=1S/C22H26ClN7O/c1-15(28-11-16-4-2-6-25-10-16)9-27-14-20(24)18-8-21(29-13-19(18)23)30-22(31)17-5-3-7-26-12-17/h2,4,6,8-10,13-14,17,26,28H,1,3,5,7,11-12,24H2,(H,29,30,31)/b20-14-,27-9-/t17-/m1/s1. The average Bonchev–Trinajstić information content (AvgIpc) is 2.80. The quantitative estimate of drug-likeness (QED) is 0.470. The predicted molar refractivity (Wildman–Crippen MR) is 124 cm³/mol. The van der Waals surface area contributed by atoms with E-state index in [2.05, 4.69) is 37.5 Å². The molecule has 5 N–H and O–H groups in total. The van der Waals surface area contributed by atoms with Crippen LogP contribution in [-0.4, -0.2) is 35.2 Å². The second kappa shape index (κ2) is 11.2. The van der Waals surface area contributed by atoms with Crippen LogP contribution in [0.15, 0.2) is 60.3 Å². The number of piperidine rings is 1. The molecule has 1 amide bonds. The molecule has 1 fully saturated rings. The molecule has 31 heavy (non-hydrogen) atoms. The highest BCUT2D eigenvalue weighted by Gasteiger charge is 2.21. The molecule has 0 unspecified atom stereocenters. The van der Waals surface area contributed by atoms with Crippen molar-refractivity contribution in [3.8, 4) is 0 Å². The lowest BCUT2D eigenvalue weighted by Crippen LogP contribution is -2.37. The number of aromatic nitrogens is 2. The molecule has 8 nitrogen and oxygen atoms in total. The lowest BCUT2D eigenvalue weighted by atomic mass is 9.99. The zero-order valence-corrected chi connectivity index (χ0v) is 17.9. The van der Waals surface area contributed by atoms with E-state index >= 15 is 0 Å². The van der Waals surface area contributed by atoms with Gasteiger partial charge in [0.1, 0.15) is 5.82 Å². The molecular weight excluding hydrogens is 414 g/mol. The molecular formula is C22H26ClN7O. The van der Waals surface area contributed by atoms with Crippen LogP contribution in [0.25, 0.3) is 5.70 Å². The number of nitrogens with zero attached hydrogens (tertiary/aromatic N) is 3. The first kappa shape index (κ1) is 22.5. The van der Waals surface area contributed by atoms with Gasteiger partial charge in [-0.25, -0.2) is 4.98 Å². The molecule has 2 aromatic rings. The number of rotatable bonds is 8. The molecule has 1 aliphatic rings. The summed E-state index contributed by atoms with van der Waals surface area (Å²) < 4.78 is 0. The Balaban J connectivity index is 1.59. The van der Waals surface area contributed by atoms with Gasteiger partial charge >= 0.3 is 0 Å². The zero-order chi connectivity index (χ0) is 22.1. The third-order valence-electron chi connectivity index (χ3n) is 4.77. The summed E-state index contributed by atoms with van der Waals surface area (Å²) in [5, 5.41) is 9.58. The fourth-order valence-electron chi connectivity index (χ4n) is 3.07. The smallest absolute Gasteiger partial charge is 0.229 e. The van der Waals surface area contributed by atoms with Crippen LogP contribution in [0.2, 0.25) is 5.02 Å². The Morgan fingerprint density at radius 3 is 3.06 bits per heavy atom. The Morgan fingerprint density at radius 1 is 1.45 bits per heavy atom. The van der Waals surface area contributed by atoms with E-state index in [-0.39, 0.29) is 11.8 Å². The third-order valence-corrected chi connectivity index (χ3v) is 5.07. The van der Waals surface area contributed by atoms with Crippen molar-refractivity contribution >= 4 is 35.2 Å². The van der Waals surface area contributed by atoms with E-state index in [4.69, 9.17) is 17.3 Å². The van der Waals surface area contributed by atoms with Crippen LogP contribution in [0, 0.1) is 5.92 Å². The topological polar surface area (TPSA) is 117 Å². The van der Waals surface area contributed by atoms with Gasteiger partial charge in [-0.2, -0.15) is 0 Å². The van der Waals surface area contributed by atoms with Gasteiger partial charge in [-0.15, -0.1) is 0 Å². The van der Waals surface area contributed by atoms with Crippen LogP contribution in [0.1, 0.15) is 24.0 Å². The molecule has 162 valence electrons. The summed E-state index contributed by atoms with van der Waals surface area (Å²) in [5.74, 6) is 0.264. The summed E-state index contributed by atoms with van der Waals surface area (Å²) in [6.07, 6.45) is 9.85. The number of anilines is 1. The molecule has 0 aromatic carbocycles. The highest BCUT2D eigenvalue weighted by molar-refractivity contribution is 6.32. The Labute approximate surface area is 186 Å². The van der Waals surface area contributed by atoms with E-state index in [1.165, 1.54) is 12.4 Å². The van der Waals surface area contributed by atoms with Gasteiger partial charge in [0.15, 0.2) is 0 Å². The van der Waals surface area contributed by atoms with Crippen molar-refractivity contribution in [1.29, 1.82) is 0 Å². The normalized spacial score (nSPS) is 16.8. The molecule has 9 heteroatoms. The maximum absolute atomic E-state index is 12.4. The summed E-state index contributed by atoms with van der Waals surface area (Å²) in [6, 6.07) is 5.49. The maximum Gasteiger partial charge on any atom is 0.229 e. The van der Waals surface area contributed by atoms with E-state index in [1.54, 1.807) is 24.7 Å². The van der Waals surface area contributed by atoms with E-state index in [1.807, 2.05) is 12.1 Å². The monoisotopic (exact) mass is 439 g/mol. The first-order valence-corrected chi connectivity index (χ1v) is 10.4. The zero-order valence-electron chi connectivity index (χ0n) is 17.1. The van der Waals surface area contributed by atoms with Crippen LogP contribution in [-0.2, 0) is 11.3 Å². The molecule has 0 bridgehead atoms. The van der Waals surface area contributed by atoms with Crippen LogP contribution >= 0.6 is 11.6 Å². The lowest BCUT2D eigenvalue weighted by Gasteiger charge is -2.21. The van der Waals surface area contributed by atoms with Crippen molar-refractivity contribution in [2.24, 2.45) is 16.6 Å². The van der Waals surface area contributed by atoms with Crippen LogP contribution < -0.4 is 21.7 Å². The first-order valence-electron chi connectivity index (χ1n) is 10.0. The van der Waals surface area contributed by atoms with Gasteiger partial charge in [0.25, 0.3) is 0 Å². The molecule has 0 aliphatic carbocycles. The molecule has 3 rings (SSSR count). The second-order valence-electron chi connectivity index (χ2n) is 7.18. The Bertz CT molecular complexity index is 969. The van der Waals surface area contributed by atoms with Crippen molar-refractivity contribution in [3.63, 3.8) is 0 Å². The van der Waals surface area contributed by atoms with Gasteiger partial charge in [0.05, 0.1) is 22.8 Å². The van der Waals surface area contributed by atoms with Gasteiger partial charge in [-0.1, -0.05) is 24.2 Å². The van der Waals surface area contributed by atoms with E-state index in [9.17, 15) is 4.79 Å². The van der Waals surface area contributed by atoms with Crippen LogP contribution in [0.5, 0.6) is 0 Å². The molecule has 1 aliphatic heterocycles. The van der Waals surface area contributed by atoms with E-state index in [0.29, 0.717) is 40.9 Å². The Morgan fingerprint density at radius 2 is 2.32 bits per heavy atom. The fourth-order valence-corrected chi connectivity index (χ4v) is 3.29. The number of carbonyl (C=O) groups is 1. The third kappa shape index (κ3) is 6.91. The first-order chi connectivity index (χ1) is 15.0. The van der Waals surface area contributed by atoms with Crippen LogP contribution in [0.3, 0.4) is 0 Å². The largest absolute Gasteiger partial charge is 0.397 e. The van der Waals surface area contributed by atoms with Gasteiger partial charge in [0.2, 0.25) is 5.91 Å². The lowest BCUT2D eigenvalue weighted by molar-refractivity contribution is -0.120. The summed E-state index contributed by atoms with van der Waals surface area (Å²) >= 11 is 6.24. The van der Waals surface area contributed by atoms with Gasteiger partial charge in [-0.3, -0.25) is 14.8 Å². The summed E-state index contributed by atoms with van der Waals surface area (Å²) in [6.45, 7) is 6.11. The summed E-state index contributed by atoms with van der Waals surface area (Å²) in [5.41, 5.74) is 8.69. The average molecular weight is 440 g/mol. The van der Waals surface area contributed by atoms with Gasteiger partial charge < -0.3 is 21.7 Å². The summed E-state index contributed by atoms with van der Waals surface area (Å²) in [7, 11) is 0. The highest BCUT2D eigenvalue weighted by Crippen LogP contribution is 2.23. The van der Waals surface area contributed by atoms with Crippen molar-refractivity contribution in [1.82, 2.24) is 20.6 Å². The number of pyridine rings is 2. The number of hydrogen-bond donors (Lipinski definition) is 4. The van der Waals surface area contributed by atoms with Gasteiger partial charge in [0, 0.05) is 49.2 Å². The fraction of sp³-hybridized carbons (Fsp3) is 0.273. The molecule has 1 saturated heterocycles. The minimum atomic E-state index is -0.0719. The minimum Gasteiger partial charge on any atom is -0.397 e. The number of carbonyl (C=O) groups excluding carboxylic acids is 1. The maximum atomic E-state index is 12.4. The molecule has 0 spiro atoms. The van der Waals surface area contributed by atoms with Crippen molar-refractivity contribution in [3.05, 3.63) is 71.4 Å². The predicted octanol–water partition coefficient (Wildman–Crippen LogP) is 2.70. The Kier molecular flexibility index (Phi) is 8.14.